The maximum absolute atomic E-state index is 11.1. The molecular formula is C8H15N3O2S. The van der Waals surface area contributed by atoms with E-state index in [0.717, 1.165) is 0 Å². The minimum atomic E-state index is -3.63. The Morgan fingerprint density at radius 1 is 1.57 bits per heavy atom. The molecule has 0 aliphatic carbocycles. The van der Waals surface area contributed by atoms with E-state index in [1.54, 1.807) is 11.6 Å². The average Bonchev–Trinajstić information content (AvgIpc) is 2.27. The average molecular weight is 217 g/mol. The third kappa shape index (κ3) is 2.55. The van der Waals surface area contributed by atoms with E-state index in [2.05, 4.69) is 5.10 Å². The van der Waals surface area contributed by atoms with Gasteiger partial charge in [-0.2, -0.15) is 5.10 Å². The van der Waals surface area contributed by atoms with Gasteiger partial charge in [-0.1, -0.05) is 13.8 Å². The number of primary sulfonamides is 1. The molecule has 0 bridgehead atoms. The normalized spacial score (nSPS) is 12.4. The maximum atomic E-state index is 11.1. The summed E-state index contributed by atoms with van der Waals surface area (Å²) in [6.45, 7) is 6.40. The highest BCUT2D eigenvalue weighted by Gasteiger charge is 2.15. The molecule has 0 radical (unpaired) electrons. The Bertz CT molecular complexity index is 420. The summed E-state index contributed by atoms with van der Waals surface area (Å²) < 4.78 is 23.8. The van der Waals surface area contributed by atoms with Crippen molar-refractivity contribution in [2.75, 3.05) is 0 Å². The van der Waals surface area contributed by atoms with Crippen LogP contribution in [0.15, 0.2) is 11.1 Å². The molecule has 0 fully saturated rings. The smallest absolute Gasteiger partial charge is 0.241 e. The summed E-state index contributed by atoms with van der Waals surface area (Å²) in [5.74, 6) is 0.419. The first kappa shape index (κ1) is 11.2. The molecule has 2 N–H and O–H groups in total. The summed E-state index contributed by atoms with van der Waals surface area (Å²) in [7, 11) is -3.63. The van der Waals surface area contributed by atoms with E-state index in [0.29, 0.717) is 18.2 Å². The molecule has 0 aliphatic rings. The molecule has 14 heavy (non-hydrogen) atoms. The van der Waals surface area contributed by atoms with Gasteiger partial charge in [-0.15, -0.1) is 0 Å². The molecule has 0 saturated carbocycles. The molecule has 80 valence electrons. The van der Waals surface area contributed by atoms with Crippen LogP contribution in [0.2, 0.25) is 0 Å². The predicted octanol–water partition coefficient (Wildman–Crippen LogP) is 0.495. The Morgan fingerprint density at radius 2 is 2.14 bits per heavy atom. The van der Waals surface area contributed by atoms with Crippen molar-refractivity contribution >= 4 is 10.0 Å². The summed E-state index contributed by atoms with van der Waals surface area (Å²) in [5, 5.41) is 9.10. The van der Waals surface area contributed by atoms with Gasteiger partial charge in [0.15, 0.2) is 0 Å². The van der Waals surface area contributed by atoms with Gasteiger partial charge in [0.1, 0.15) is 4.90 Å². The number of aryl methyl sites for hydroxylation is 1. The molecule has 0 aromatic carbocycles. The Hall–Kier alpha value is -0.880. The van der Waals surface area contributed by atoms with Gasteiger partial charge in [0.2, 0.25) is 10.0 Å². The van der Waals surface area contributed by atoms with Crippen molar-refractivity contribution in [1.29, 1.82) is 0 Å². The third-order valence-corrected chi connectivity index (χ3v) is 2.77. The second kappa shape index (κ2) is 3.70. The van der Waals surface area contributed by atoms with Crippen molar-refractivity contribution in [3.63, 3.8) is 0 Å². The van der Waals surface area contributed by atoms with Gasteiger partial charge in [0.25, 0.3) is 0 Å². The van der Waals surface area contributed by atoms with Gasteiger partial charge in [-0.3, -0.25) is 4.68 Å². The van der Waals surface area contributed by atoms with Gasteiger partial charge in [0, 0.05) is 12.7 Å². The molecule has 0 unspecified atom stereocenters. The van der Waals surface area contributed by atoms with Gasteiger partial charge in [-0.05, 0) is 12.8 Å². The van der Waals surface area contributed by atoms with E-state index in [-0.39, 0.29) is 4.90 Å². The van der Waals surface area contributed by atoms with Gasteiger partial charge in [-0.25, -0.2) is 13.6 Å². The van der Waals surface area contributed by atoms with Crippen LogP contribution in [0, 0.1) is 12.8 Å². The predicted molar refractivity (Wildman–Crippen MR) is 53.2 cm³/mol. The van der Waals surface area contributed by atoms with E-state index >= 15 is 0 Å². The van der Waals surface area contributed by atoms with Crippen LogP contribution < -0.4 is 5.14 Å². The van der Waals surface area contributed by atoms with Gasteiger partial charge < -0.3 is 0 Å². The first-order valence-corrected chi connectivity index (χ1v) is 5.92. The molecule has 1 heterocycles. The van der Waals surface area contributed by atoms with E-state index in [1.807, 2.05) is 13.8 Å². The lowest BCUT2D eigenvalue weighted by molar-refractivity contribution is 0.480. The molecule has 1 aromatic rings. The number of hydrogen-bond acceptors (Lipinski definition) is 3. The lowest BCUT2D eigenvalue weighted by Gasteiger charge is -2.03. The molecule has 0 amide bonds. The molecule has 0 aliphatic heterocycles. The van der Waals surface area contributed by atoms with Crippen molar-refractivity contribution in [3.05, 3.63) is 11.9 Å². The van der Waals surface area contributed by atoms with Crippen LogP contribution in [-0.2, 0) is 16.6 Å². The van der Waals surface area contributed by atoms with Crippen LogP contribution in [0.1, 0.15) is 19.5 Å². The zero-order valence-corrected chi connectivity index (χ0v) is 9.37. The largest absolute Gasteiger partial charge is 0.271 e. The number of rotatable bonds is 3. The summed E-state index contributed by atoms with van der Waals surface area (Å²) in [5.41, 5.74) is 0.452. The Kier molecular flexibility index (Phi) is 2.96. The van der Waals surface area contributed by atoms with E-state index in [1.165, 1.54) is 6.20 Å². The van der Waals surface area contributed by atoms with Crippen LogP contribution >= 0.6 is 0 Å². The fraction of sp³-hybridized carbons (Fsp3) is 0.625. The zero-order chi connectivity index (χ0) is 10.9. The van der Waals surface area contributed by atoms with Crippen molar-refractivity contribution in [2.45, 2.75) is 32.2 Å². The fourth-order valence-corrected chi connectivity index (χ4v) is 1.97. The molecule has 0 atom stereocenters. The maximum Gasteiger partial charge on any atom is 0.241 e. The molecule has 1 aromatic heterocycles. The highest BCUT2D eigenvalue weighted by atomic mass is 32.2. The van der Waals surface area contributed by atoms with Crippen molar-refractivity contribution in [1.82, 2.24) is 9.78 Å². The van der Waals surface area contributed by atoms with Crippen LogP contribution in [0.5, 0.6) is 0 Å². The van der Waals surface area contributed by atoms with Gasteiger partial charge in [0.05, 0.1) is 5.69 Å². The second-order valence-electron chi connectivity index (χ2n) is 3.74. The molecule has 1 rings (SSSR count). The number of hydrogen-bond donors (Lipinski definition) is 1. The first-order chi connectivity index (χ1) is 6.30. The SMILES string of the molecule is Cc1nn(CC(C)C)cc1S(N)(=O)=O. The molecule has 6 heteroatoms. The zero-order valence-electron chi connectivity index (χ0n) is 8.56. The summed E-state index contributed by atoms with van der Waals surface area (Å²) in [6, 6.07) is 0. The number of sulfonamides is 1. The van der Waals surface area contributed by atoms with Crippen molar-refractivity contribution in [2.24, 2.45) is 11.1 Å². The van der Waals surface area contributed by atoms with E-state index in [9.17, 15) is 8.42 Å². The minimum absolute atomic E-state index is 0.109. The van der Waals surface area contributed by atoms with E-state index in [4.69, 9.17) is 5.14 Å². The lowest BCUT2D eigenvalue weighted by atomic mass is 10.2. The number of nitrogens with zero attached hydrogens (tertiary/aromatic N) is 2. The van der Waals surface area contributed by atoms with Crippen LogP contribution in [0.25, 0.3) is 0 Å². The summed E-state index contributed by atoms with van der Waals surface area (Å²) in [6.07, 6.45) is 1.48. The van der Waals surface area contributed by atoms with Crippen LogP contribution in [-0.4, -0.2) is 18.2 Å². The third-order valence-electron chi connectivity index (χ3n) is 1.76. The lowest BCUT2D eigenvalue weighted by Crippen LogP contribution is -2.12. The molecule has 5 nitrogen and oxygen atoms in total. The van der Waals surface area contributed by atoms with Crippen LogP contribution in [0.4, 0.5) is 0 Å². The highest BCUT2D eigenvalue weighted by Crippen LogP contribution is 2.11. The van der Waals surface area contributed by atoms with Gasteiger partial charge >= 0.3 is 0 Å². The molecular weight excluding hydrogens is 202 g/mol. The van der Waals surface area contributed by atoms with Crippen molar-refractivity contribution in [3.8, 4) is 0 Å². The molecule has 0 spiro atoms. The van der Waals surface area contributed by atoms with Crippen LogP contribution in [0.3, 0.4) is 0 Å². The summed E-state index contributed by atoms with van der Waals surface area (Å²) >= 11 is 0. The van der Waals surface area contributed by atoms with Crippen molar-refractivity contribution < 1.29 is 8.42 Å². The quantitative estimate of drug-likeness (QED) is 0.800. The monoisotopic (exact) mass is 217 g/mol. The first-order valence-electron chi connectivity index (χ1n) is 4.37. The fourth-order valence-electron chi connectivity index (χ4n) is 1.25. The standard InChI is InChI=1S/C8H15N3O2S/c1-6(2)4-11-5-8(7(3)10-11)14(9,12)13/h5-6H,4H2,1-3H3,(H2,9,12,13). The number of aromatic nitrogens is 2. The second-order valence-corrected chi connectivity index (χ2v) is 5.27. The molecule has 0 saturated heterocycles. The van der Waals surface area contributed by atoms with E-state index < -0.39 is 10.0 Å². The Labute approximate surface area is 84.0 Å². The topological polar surface area (TPSA) is 78.0 Å². The Morgan fingerprint density at radius 3 is 2.50 bits per heavy atom. The summed E-state index contributed by atoms with van der Waals surface area (Å²) in [4.78, 5) is 0.109. The minimum Gasteiger partial charge on any atom is -0.271 e. The highest BCUT2D eigenvalue weighted by molar-refractivity contribution is 7.89. The number of nitrogens with two attached hydrogens (primary N) is 1. The Balaban J connectivity index is 3.06.